The number of ether oxygens (including phenoxy) is 1. The highest BCUT2D eigenvalue weighted by molar-refractivity contribution is 6.22. The molecule has 0 spiro atoms. The molecule has 7 nitrogen and oxygen atoms in total. The van der Waals surface area contributed by atoms with Crippen LogP contribution in [0.1, 0.15) is 22.3 Å². The van der Waals surface area contributed by atoms with Crippen molar-refractivity contribution in [2.24, 2.45) is 0 Å². The van der Waals surface area contributed by atoms with Crippen molar-refractivity contribution >= 4 is 23.4 Å². The lowest BCUT2D eigenvalue weighted by Gasteiger charge is -2.16. The molecule has 156 valence electrons. The second kappa shape index (κ2) is 8.81. The monoisotopic (exact) mass is 415 g/mol. The number of para-hydroxylation sites is 1. The number of hydrogen-bond donors (Lipinski definition) is 2. The molecule has 0 bridgehead atoms. The number of rotatable bonds is 6. The predicted molar refractivity (Wildman–Crippen MR) is 116 cm³/mol. The normalized spacial score (nSPS) is 15.8. The van der Waals surface area contributed by atoms with Gasteiger partial charge >= 0.3 is 0 Å². The molecule has 1 heterocycles. The second-order valence-corrected chi connectivity index (χ2v) is 7.15. The van der Waals surface area contributed by atoms with Crippen LogP contribution in [0, 0.1) is 6.92 Å². The van der Waals surface area contributed by atoms with E-state index in [1.165, 1.54) is 0 Å². The van der Waals surface area contributed by atoms with E-state index in [-0.39, 0.29) is 18.2 Å². The molecule has 0 aliphatic carbocycles. The highest BCUT2D eigenvalue weighted by Crippen LogP contribution is 2.27. The van der Waals surface area contributed by atoms with Gasteiger partial charge in [0.1, 0.15) is 17.5 Å². The Balaban J connectivity index is 1.40. The first-order chi connectivity index (χ1) is 15.0. The summed E-state index contributed by atoms with van der Waals surface area (Å²) >= 11 is 0. The zero-order valence-electron chi connectivity index (χ0n) is 16.9. The van der Waals surface area contributed by atoms with Crippen LogP contribution in [0.4, 0.5) is 5.69 Å². The van der Waals surface area contributed by atoms with Crippen molar-refractivity contribution < 1.29 is 19.1 Å². The number of hydrazine groups is 1. The molecule has 0 saturated carbocycles. The maximum absolute atomic E-state index is 12.8. The van der Waals surface area contributed by atoms with Gasteiger partial charge in [0.05, 0.1) is 12.1 Å². The predicted octanol–water partition coefficient (Wildman–Crippen LogP) is 3.35. The lowest BCUT2D eigenvalue weighted by molar-refractivity contribution is -0.121. The van der Waals surface area contributed by atoms with E-state index in [2.05, 4.69) is 10.9 Å². The Morgan fingerprint density at radius 1 is 0.903 bits per heavy atom. The highest BCUT2D eigenvalue weighted by Gasteiger charge is 2.39. The maximum Gasteiger partial charge on any atom is 0.265 e. The Morgan fingerprint density at radius 3 is 2.26 bits per heavy atom. The fraction of sp³-hybridized carbons (Fsp3) is 0.125. The quantitative estimate of drug-likeness (QED) is 0.476. The number of carbonyl (C=O) groups is 3. The molecule has 1 fully saturated rings. The average Bonchev–Trinajstić information content (AvgIpc) is 3.07. The number of imide groups is 1. The molecule has 1 aliphatic rings. The summed E-state index contributed by atoms with van der Waals surface area (Å²) in [6.07, 6.45) is -0.0465. The first-order valence-electron chi connectivity index (χ1n) is 9.84. The minimum absolute atomic E-state index is 0.0465. The molecule has 3 amide bonds. The average molecular weight is 415 g/mol. The Labute approximate surface area is 179 Å². The Hall–Kier alpha value is -3.97. The van der Waals surface area contributed by atoms with E-state index < -0.39 is 11.9 Å². The van der Waals surface area contributed by atoms with E-state index >= 15 is 0 Å². The van der Waals surface area contributed by atoms with Gasteiger partial charge in [0.25, 0.3) is 11.8 Å². The van der Waals surface area contributed by atoms with Gasteiger partial charge in [-0.25, -0.2) is 10.3 Å². The largest absolute Gasteiger partial charge is 0.457 e. The summed E-state index contributed by atoms with van der Waals surface area (Å²) < 4.78 is 5.74. The third-order valence-electron chi connectivity index (χ3n) is 4.97. The van der Waals surface area contributed by atoms with Gasteiger partial charge in [0.15, 0.2) is 0 Å². The zero-order chi connectivity index (χ0) is 21.8. The standard InChI is InChI=1S/C24H21N3O4/c1-16-7-5-6-10-20(16)23(29)26-25-21-15-22(28)27(24(21)30)17-11-13-19(14-12-17)31-18-8-3-2-4-9-18/h2-14,21,25H,15H2,1H3,(H,26,29)/t21-/m1/s1. The fourth-order valence-electron chi connectivity index (χ4n) is 3.35. The Bertz CT molecular complexity index is 1110. The van der Waals surface area contributed by atoms with Gasteiger partial charge in [-0.2, -0.15) is 0 Å². The van der Waals surface area contributed by atoms with E-state index in [4.69, 9.17) is 4.74 Å². The molecule has 2 N–H and O–H groups in total. The van der Waals surface area contributed by atoms with Gasteiger partial charge < -0.3 is 4.74 Å². The molecule has 1 atom stereocenters. The topological polar surface area (TPSA) is 87.7 Å². The smallest absolute Gasteiger partial charge is 0.265 e. The zero-order valence-corrected chi connectivity index (χ0v) is 16.9. The first kappa shape index (κ1) is 20.3. The molecule has 1 aliphatic heterocycles. The number of nitrogens with zero attached hydrogens (tertiary/aromatic N) is 1. The van der Waals surface area contributed by atoms with E-state index in [1.807, 2.05) is 49.4 Å². The summed E-state index contributed by atoms with van der Waals surface area (Å²) in [5, 5.41) is 0. The molecule has 31 heavy (non-hydrogen) atoms. The van der Waals surface area contributed by atoms with E-state index in [9.17, 15) is 14.4 Å². The van der Waals surface area contributed by atoms with Gasteiger partial charge in [-0.15, -0.1) is 0 Å². The van der Waals surface area contributed by atoms with E-state index in [1.54, 1.807) is 36.4 Å². The van der Waals surface area contributed by atoms with Gasteiger partial charge in [-0.05, 0) is 55.0 Å². The third kappa shape index (κ3) is 4.46. The number of benzene rings is 3. The molecule has 7 heteroatoms. The van der Waals surface area contributed by atoms with Crippen LogP contribution in [-0.4, -0.2) is 23.8 Å². The Morgan fingerprint density at radius 2 is 1.55 bits per heavy atom. The van der Waals surface area contributed by atoms with Crippen LogP contribution >= 0.6 is 0 Å². The number of carbonyl (C=O) groups excluding carboxylic acids is 3. The summed E-state index contributed by atoms with van der Waals surface area (Å²) in [5.41, 5.74) is 6.99. The highest BCUT2D eigenvalue weighted by atomic mass is 16.5. The van der Waals surface area contributed by atoms with Crippen molar-refractivity contribution in [1.82, 2.24) is 10.9 Å². The number of nitrogens with one attached hydrogen (secondary N) is 2. The van der Waals surface area contributed by atoms with Crippen LogP contribution in [0.3, 0.4) is 0 Å². The summed E-state index contributed by atoms with van der Waals surface area (Å²) in [7, 11) is 0. The molecule has 0 unspecified atom stereocenters. The third-order valence-corrected chi connectivity index (χ3v) is 4.97. The molecule has 3 aromatic rings. The lowest BCUT2D eigenvalue weighted by Crippen LogP contribution is -2.48. The summed E-state index contributed by atoms with van der Waals surface area (Å²) in [4.78, 5) is 38.7. The van der Waals surface area contributed by atoms with Gasteiger partial charge in [-0.3, -0.25) is 19.8 Å². The molecular formula is C24H21N3O4. The lowest BCUT2D eigenvalue weighted by atomic mass is 10.1. The molecular weight excluding hydrogens is 394 g/mol. The number of aryl methyl sites for hydroxylation is 1. The van der Waals surface area contributed by atoms with Gasteiger partial charge in [-0.1, -0.05) is 36.4 Å². The number of anilines is 1. The van der Waals surface area contributed by atoms with Crippen molar-refractivity contribution in [2.75, 3.05) is 4.90 Å². The Kier molecular flexibility index (Phi) is 5.77. The maximum atomic E-state index is 12.8. The minimum atomic E-state index is -0.833. The van der Waals surface area contributed by atoms with Crippen LogP contribution in [0.5, 0.6) is 11.5 Å². The van der Waals surface area contributed by atoms with Crippen molar-refractivity contribution in [3.8, 4) is 11.5 Å². The van der Waals surface area contributed by atoms with Crippen LogP contribution in [-0.2, 0) is 9.59 Å². The van der Waals surface area contributed by atoms with Crippen molar-refractivity contribution in [3.05, 3.63) is 90.0 Å². The summed E-state index contributed by atoms with van der Waals surface area (Å²) in [5.74, 6) is 0.154. The minimum Gasteiger partial charge on any atom is -0.457 e. The van der Waals surface area contributed by atoms with Crippen LogP contribution in [0.25, 0.3) is 0 Å². The van der Waals surface area contributed by atoms with Crippen molar-refractivity contribution in [1.29, 1.82) is 0 Å². The fourth-order valence-corrected chi connectivity index (χ4v) is 3.35. The first-order valence-corrected chi connectivity index (χ1v) is 9.84. The summed E-state index contributed by atoms with van der Waals surface area (Å²) in [6, 6.07) is 22.3. The van der Waals surface area contributed by atoms with Crippen molar-refractivity contribution in [2.45, 2.75) is 19.4 Å². The van der Waals surface area contributed by atoms with Crippen LogP contribution in [0.2, 0.25) is 0 Å². The van der Waals surface area contributed by atoms with Crippen LogP contribution in [0.15, 0.2) is 78.9 Å². The molecule has 4 rings (SSSR count). The second-order valence-electron chi connectivity index (χ2n) is 7.15. The van der Waals surface area contributed by atoms with E-state index in [0.717, 1.165) is 10.5 Å². The van der Waals surface area contributed by atoms with Crippen molar-refractivity contribution in [3.63, 3.8) is 0 Å². The van der Waals surface area contributed by atoms with E-state index in [0.29, 0.717) is 22.7 Å². The van der Waals surface area contributed by atoms with Gasteiger partial charge in [0, 0.05) is 5.56 Å². The molecule has 3 aromatic carbocycles. The molecule has 0 radical (unpaired) electrons. The SMILES string of the molecule is Cc1ccccc1C(=O)NN[C@@H]1CC(=O)N(c2ccc(Oc3ccccc3)cc2)C1=O. The van der Waals surface area contributed by atoms with Crippen LogP contribution < -0.4 is 20.5 Å². The number of amides is 3. The number of hydrogen-bond acceptors (Lipinski definition) is 5. The molecule has 0 aromatic heterocycles. The van der Waals surface area contributed by atoms with Gasteiger partial charge in [0.2, 0.25) is 5.91 Å². The molecule has 1 saturated heterocycles. The summed E-state index contributed by atoms with van der Waals surface area (Å²) in [6.45, 7) is 1.83.